The van der Waals surface area contributed by atoms with Gasteiger partial charge in [0.2, 0.25) is 0 Å². The van der Waals surface area contributed by atoms with E-state index >= 15 is 0 Å². The Kier molecular flexibility index (Phi) is 3.13. The van der Waals surface area contributed by atoms with Crippen LogP contribution in [-0.2, 0) is 0 Å². The third kappa shape index (κ3) is 2.20. The lowest BCUT2D eigenvalue weighted by Crippen LogP contribution is -2.55. The molecule has 2 heteroatoms. The van der Waals surface area contributed by atoms with Gasteiger partial charge in [-0.1, -0.05) is 13.8 Å². The van der Waals surface area contributed by atoms with Gasteiger partial charge in [-0.15, -0.1) is 0 Å². The average molecular weight is 170 g/mol. The van der Waals surface area contributed by atoms with Crippen LogP contribution in [0.15, 0.2) is 0 Å². The van der Waals surface area contributed by atoms with Gasteiger partial charge in [0.25, 0.3) is 0 Å². The Hall–Kier alpha value is -0.0800. The van der Waals surface area contributed by atoms with Crippen molar-refractivity contribution < 1.29 is 0 Å². The molecular formula is C10H22N2. The molecule has 0 aromatic rings. The van der Waals surface area contributed by atoms with E-state index in [4.69, 9.17) is 0 Å². The fraction of sp³-hybridized carbons (Fsp3) is 1.00. The van der Waals surface area contributed by atoms with Gasteiger partial charge in [-0.25, -0.2) is 0 Å². The monoisotopic (exact) mass is 170 g/mol. The normalized spacial score (nSPS) is 32.5. The van der Waals surface area contributed by atoms with E-state index < -0.39 is 0 Å². The summed E-state index contributed by atoms with van der Waals surface area (Å²) in [5.41, 5.74) is 0.548. The van der Waals surface area contributed by atoms with Crippen LogP contribution in [-0.4, -0.2) is 36.6 Å². The lowest BCUT2D eigenvalue weighted by molar-refractivity contribution is 0.187. The first-order valence-electron chi connectivity index (χ1n) is 5.16. The van der Waals surface area contributed by atoms with Crippen LogP contribution in [0.5, 0.6) is 0 Å². The fourth-order valence-electron chi connectivity index (χ4n) is 2.12. The zero-order chi connectivity index (χ0) is 9.19. The van der Waals surface area contributed by atoms with Crippen molar-refractivity contribution >= 4 is 0 Å². The third-order valence-electron chi connectivity index (χ3n) is 2.56. The van der Waals surface area contributed by atoms with Gasteiger partial charge >= 0.3 is 0 Å². The number of hydrogen-bond acceptors (Lipinski definition) is 2. The molecule has 1 saturated carbocycles. The Balaban J connectivity index is 0.000000336. The maximum Gasteiger partial charge on any atom is 0.0312 e. The molecule has 2 fully saturated rings. The Morgan fingerprint density at radius 3 is 2.33 bits per heavy atom. The van der Waals surface area contributed by atoms with Crippen molar-refractivity contribution in [1.29, 1.82) is 0 Å². The molecule has 0 aromatic heterocycles. The molecular weight excluding hydrogens is 148 g/mol. The summed E-state index contributed by atoms with van der Waals surface area (Å²) in [7, 11) is 2.22. The summed E-state index contributed by atoms with van der Waals surface area (Å²) in [5, 5.41) is 3.66. The summed E-state index contributed by atoms with van der Waals surface area (Å²) in [5.74, 6) is 0. The molecule has 12 heavy (non-hydrogen) atoms. The van der Waals surface area contributed by atoms with E-state index in [2.05, 4.69) is 24.2 Å². The van der Waals surface area contributed by atoms with Crippen molar-refractivity contribution in [2.24, 2.45) is 0 Å². The minimum atomic E-state index is 0.548. The summed E-state index contributed by atoms with van der Waals surface area (Å²) >= 11 is 0. The van der Waals surface area contributed by atoms with Gasteiger partial charge < -0.3 is 10.2 Å². The molecule has 1 aliphatic heterocycles. The highest BCUT2D eigenvalue weighted by molar-refractivity contribution is 5.07. The summed E-state index contributed by atoms with van der Waals surface area (Å²) in [6.45, 7) is 8.74. The molecule has 1 N–H and O–H groups in total. The van der Waals surface area contributed by atoms with E-state index in [1.807, 2.05) is 13.8 Å². The van der Waals surface area contributed by atoms with Crippen LogP contribution < -0.4 is 5.32 Å². The average Bonchev–Trinajstić information content (AvgIpc) is 2.70. The van der Waals surface area contributed by atoms with Crippen LogP contribution >= 0.6 is 0 Å². The largest absolute Gasteiger partial charge is 0.306 e. The van der Waals surface area contributed by atoms with Crippen LogP contribution in [0.4, 0.5) is 0 Å². The highest BCUT2D eigenvalue weighted by atomic mass is 15.2. The van der Waals surface area contributed by atoms with E-state index in [1.165, 1.54) is 25.9 Å². The molecule has 1 aliphatic carbocycles. The second-order valence-electron chi connectivity index (χ2n) is 4.02. The van der Waals surface area contributed by atoms with Gasteiger partial charge in [0.15, 0.2) is 0 Å². The minimum absolute atomic E-state index is 0.548. The molecule has 0 aromatic carbocycles. The van der Waals surface area contributed by atoms with E-state index in [1.54, 1.807) is 0 Å². The molecule has 0 bridgehead atoms. The fourth-order valence-corrected chi connectivity index (χ4v) is 2.12. The van der Waals surface area contributed by atoms with E-state index in [0.29, 0.717) is 11.6 Å². The summed E-state index contributed by atoms with van der Waals surface area (Å²) in [6, 6.07) is 0.696. The Labute approximate surface area is 76.3 Å². The molecule has 1 unspecified atom stereocenters. The Morgan fingerprint density at radius 2 is 1.92 bits per heavy atom. The highest BCUT2D eigenvalue weighted by Crippen LogP contribution is 2.38. The van der Waals surface area contributed by atoms with Gasteiger partial charge in [-0.05, 0) is 26.8 Å². The van der Waals surface area contributed by atoms with E-state index in [9.17, 15) is 0 Å². The van der Waals surface area contributed by atoms with Crippen LogP contribution in [0.25, 0.3) is 0 Å². The summed E-state index contributed by atoms with van der Waals surface area (Å²) in [4.78, 5) is 2.44. The smallest absolute Gasteiger partial charge is 0.0312 e. The van der Waals surface area contributed by atoms with Gasteiger partial charge in [0.05, 0.1) is 0 Å². The first-order chi connectivity index (χ1) is 5.70. The topological polar surface area (TPSA) is 15.3 Å². The predicted octanol–water partition coefficient (Wildman–Crippen LogP) is 1.47. The standard InChI is InChI=1S/C8H16N2.C2H6/c1-7-5-10(2)6-8(9-7)3-4-8;1-2/h7,9H,3-6H2,1-2H3;1-2H3. The second-order valence-corrected chi connectivity index (χ2v) is 4.02. The molecule has 2 nitrogen and oxygen atoms in total. The van der Waals surface area contributed by atoms with Crippen molar-refractivity contribution in [2.45, 2.75) is 45.2 Å². The maximum absolute atomic E-state index is 3.66. The van der Waals surface area contributed by atoms with Crippen LogP contribution in [0.1, 0.15) is 33.6 Å². The van der Waals surface area contributed by atoms with Crippen LogP contribution in [0.2, 0.25) is 0 Å². The van der Waals surface area contributed by atoms with Gasteiger partial charge in [-0.2, -0.15) is 0 Å². The molecule has 72 valence electrons. The third-order valence-corrected chi connectivity index (χ3v) is 2.56. The van der Waals surface area contributed by atoms with Crippen molar-refractivity contribution in [1.82, 2.24) is 10.2 Å². The number of piperazine rings is 1. The molecule has 2 rings (SSSR count). The Bertz CT molecular complexity index is 129. The van der Waals surface area contributed by atoms with Crippen molar-refractivity contribution in [3.63, 3.8) is 0 Å². The molecule has 0 radical (unpaired) electrons. The van der Waals surface area contributed by atoms with Crippen LogP contribution in [0, 0.1) is 0 Å². The van der Waals surface area contributed by atoms with Gasteiger partial charge in [-0.3, -0.25) is 0 Å². The molecule has 1 heterocycles. The lowest BCUT2D eigenvalue weighted by Gasteiger charge is -2.35. The molecule has 1 spiro atoms. The predicted molar refractivity (Wildman–Crippen MR) is 53.4 cm³/mol. The molecule has 1 atom stereocenters. The first kappa shape index (κ1) is 10.0. The summed E-state index contributed by atoms with van der Waals surface area (Å²) < 4.78 is 0. The maximum atomic E-state index is 3.66. The summed E-state index contributed by atoms with van der Waals surface area (Å²) in [6.07, 6.45) is 2.78. The van der Waals surface area contributed by atoms with Gasteiger partial charge in [0.1, 0.15) is 0 Å². The number of nitrogens with zero attached hydrogens (tertiary/aromatic N) is 1. The second kappa shape index (κ2) is 3.75. The zero-order valence-electron chi connectivity index (χ0n) is 8.85. The Morgan fingerprint density at radius 1 is 1.33 bits per heavy atom. The number of rotatable bonds is 0. The lowest BCUT2D eigenvalue weighted by atomic mass is 10.1. The number of likely N-dealkylation sites (N-methyl/N-ethyl adjacent to an activating group) is 1. The quantitative estimate of drug-likeness (QED) is 0.592. The number of hydrogen-bond donors (Lipinski definition) is 1. The highest BCUT2D eigenvalue weighted by Gasteiger charge is 2.46. The van der Waals surface area contributed by atoms with E-state index in [-0.39, 0.29) is 0 Å². The SMILES string of the molecule is CC.CC1CN(C)CC2(CC2)N1. The zero-order valence-corrected chi connectivity index (χ0v) is 8.85. The molecule has 1 saturated heterocycles. The van der Waals surface area contributed by atoms with Crippen LogP contribution in [0.3, 0.4) is 0 Å². The minimum Gasteiger partial charge on any atom is -0.306 e. The molecule has 2 aliphatic rings. The molecule has 0 amide bonds. The number of nitrogens with one attached hydrogen (secondary N) is 1. The van der Waals surface area contributed by atoms with Crippen molar-refractivity contribution in [3.05, 3.63) is 0 Å². The van der Waals surface area contributed by atoms with Crippen molar-refractivity contribution in [3.8, 4) is 0 Å². The van der Waals surface area contributed by atoms with Gasteiger partial charge in [0, 0.05) is 24.7 Å². The first-order valence-corrected chi connectivity index (χ1v) is 5.16. The van der Waals surface area contributed by atoms with Crippen molar-refractivity contribution in [2.75, 3.05) is 20.1 Å². The van der Waals surface area contributed by atoms with E-state index in [0.717, 1.165) is 0 Å².